The lowest BCUT2D eigenvalue weighted by Crippen LogP contribution is -2.16. The van der Waals surface area contributed by atoms with Crippen LogP contribution in [0.2, 0.25) is 0 Å². The fraction of sp³-hybridized carbons (Fsp3) is 0.133. The Morgan fingerprint density at radius 3 is 2.30 bits per heavy atom. The zero-order valence-electron chi connectivity index (χ0n) is 11.1. The Bertz CT molecular complexity index is 735. The van der Waals surface area contributed by atoms with Crippen molar-refractivity contribution in [2.75, 3.05) is 0 Å². The first-order valence-corrected chi connectivity index (χ1v) is 7.77. The van der Waals surface area contributed by atoms with Gasteiger partial charge in [0.2, 0.25) is 0 Å². The van der Waals surface area contributed by atoms with Crippen LogP contribution in [0.1, 0.15) is 16.7 Å². The lowest BCUT2D eigenvalue weighted by molar-refractivity contribution is 0.595. The molecule has 0 aliphatic carbocycles. The van der Waals surface area contributed by atoms with E-state index in [0.717, 1.165) is 5.56 Å². The number of rotatable bonds is 4. The summed E-state index contributed by atoms with van der Waals surface area (Å²) in [6.45, 7) is 1.90. The standard InChI is InChI=1S/C15H16N2O2S/c1-11-6-8-13(9-7-11)20(18,19)10-12-4-2-3-5-14(12)15(16)17/h2-9H,10H2,1H3,(H3,16,17). The minimum absolute atomic E-state index is 0.125. The molecule has 2 aromatic rings. The van der Waals surface area contributed by atoms with Crippen molar-refractivity contribution in [1.82, 2.24) is 0 Å². The van der Waals surface area contributed by atoms with Crippen molar-refractivity contribution < 1.29 is 8.42 Å². The smallest absolute Gasteiger partial charge is 0.182 e. The molecule has 0 heterocycles. The molecule has 0 radical (unpaired) electrons. The molecule has 5 heteroatoms. The Morgan fingerprint density at radius 2 is 1.70 bits per heavy atom. The maximum Gasteiger partial charge on any atom is 0.182 e. The summed E-state index contributed by atoms with van der Waals surface area (Å²) in [4.78, 5) is 0.279. The van der Waals surface area contributed by atoms with Gasteiger partial charge in [-0.25, -0.2) is 8.42 Å². The molecule has 0 aromatic heterocycles. The summed E-state index contributed by atoms with van der Waals surface area (Å²) in [7, 11) is -3.44. The van der Waals surface area contributed by atoms with Crippen molar-refractivity contribution >= 4 is 15.7 Å². The number of nitrogen functional groups attached to an aromatic ring is 1. The first-order valence-electron chi connectivity index (χ1n) is 6.12. The number of amidine groups is 1. The molecule has 0 spiro atoms. The molecular formula is C15H16N2O2S. The highest BCUT2D eigenvalue weighted by Crippen LogP contribution is 2.19. The predicted octanol–water partition coefficient (Wildman–Crippen LogP) is 2.25. The van der Waals surface area contributed by atoms with E-state index in [1.807, 2.05) is 6.92 Å². The molecule has 0 bridgehead atoms. The van der Waals surface area contributed by atoms with Crippen LogP contribution in [0.5, 0.6) is 0 Å². The Labute approximate surface area is 118 Å². The fourth-order valence-electron chi connectivity index (χ4n) is 1.94. The molecule has 0 atom stereocenters. The van der Waals surface area contributed by atoms with Crippen LogP contribution in [0, 0.1) is 12.3 Å². The van der Waals surface area contributed by atoms with Gasteiger partial charge in [0.05, 0.1) is 10.6 Å². The molecule has 2 rings (SSSR count). The first kappa shape index (κ1) is 14.3. The van der Waals surface area contributed by atoms with E-state index in [0.29, 0.717) is 11.1 Å². The zero-order valence-corrected chi connectivity index (χ0v) is 11.9. The molecule has 0 aliphatic heterocycles. The van der Waals surface area contributed by atoms with Gasteiger partial charge in [-0.2, -0.15) is 0 Å². The summed E-state index contributed by atoms with van der Waals surface area (Å²) >= 11 is 0. The van der Waals surface area contributed by atoms with Gasteiger partial charge in [-0.05, 0) is 24.6 Å². The van der Waals surface area contributed by atoms with Crippen molar-refractivity contribution in [2.24, 2.45) is 5.73 Å². The molecule has 2 aromatic carbocycles. The molecule has 0 fully saturated rings. The van der Waals surface area contributed by atoms with Crippen molar-refractivity contribution in [1.29, 1.82) is 5.41 Å². The van der Waals surface area contributed by atoms with Gasteiger partial charge in [0.25, 0.3) is 0 Å². The lowest BCUT2D eigenvalue weighted by Gasteiger charge is -2.09. The van der Waals surface area contributed by atoms with Crippen LogP contribution in [0.3, 0.4) is 0 Å². The molecule has 3 N–H and O–H groups in total. The van der Waals surface area contributed by atoms with Crippen LogP contribution in [-0.4, -0.2) is 14.3 Å². The molecule has 4 nitrogen and oxygen atoms in total. The van der Waals surface area contributed by atoms with E-state index in [1.54, 1.807) is 48.5 Å². The van der Waals surface area contributed by atoms with E-state index in [1.165, 1.54) is 0 Å². The van der Waals surface area contributed by atoms with Crippen LogP contribution < -0.4 is 5.73 Å². The molecule has 104 valence electrons. The number of benzene rings is 2. The summed E-state index contributed by atoms with van der Waals surface area (Å²) < 4.78 is 24.8. The number of aryl methyl sites for hydroxylation is 1. The van der Waals surface area contributed by atoms with Crippen LogP contribution in [0.15, 0.2) is 53.4 Å². The SMILES string of the molecule is Cc1ccc(S(=O)(=O)Cc2ccccc2C(=N)N)cc1. The average molecular weight is 288 g/mol. The van der Waals surface area contributed by atoms with Crippen molar-refractivity contribution in [2.45, 2.75) is 17.6 Å². The maximum absolute atomic E-state index is 12.4. The van der Waals surface area contributed by atoms with Gasteiger partial charge in [0.1, 0.15) is 5.84 Å². The number of sulfone groups is 1. The topological polar surface area (TPSA) is 84.0 Å². The zero-order chi connectivity index (χ0) is 14.8. The average Bonchev–Trinajstić information content (AvgIpc) is 2.39. The monoisotopic (exact) mass is 288 g/mol. The number of nitrogens with two attached hydrogens (primary N) is 1. The molecule has 0 aliphatic rings. The Hall–Kier alpha value is -2.14. The maximum atomic E-state index is 12.4. The van der Waals surface area contributed by atoms with Crippen LogP contribution in [-0.2, 0) is 15.6 Å². The molecular weight excluding hydrogens is 272 g/mol. The van der Waals surface area contributed by atoms with E-state index in [-0.39, 0.29) is 16.5 Å². The van der Waals surface area contributed by atoms with E-state index in [2.05, 4.69) is 0 Å². The predicted molar refractivity (Wildman–Crippen MR) is 79.5 cm³/mol. The second-order valence-electron chi connectivity index (χ2n) is 4.64. The van der Waals surface area contributed by atoms with Crippen LogP contribution in [0.25, 0.3) is 0 Å². The third kappa shape index (κ3) is 3.05. The number of hydrogen-bond donors (Lipinski definition) is 2. The lowest BCUT2D eigenvalue weighted by atomic mass is 10.1. The minimum atomic E-state index is -3.44. The highest BCUT2D eigenvalue weighted by atomic mass is 32.2. The van der Waals surface area contributed by atoms with Crippen molar-refractivity contribution in [3.05, 3.63) is 65.2 Å². The highest BCUT2D eigenvalue weighted by Gasteiger charge is 2.17. The van der Waals surface area contributed by atoms with E-state index >= 15 is 0 Å². The Balaban J connectivity index is 2.38. The fourth-order valence-corrected chi connectivity index (χ4v) is 3.32. The first-order chi connectivity index (χ1) is 9.40. The van der Waals surface area contributed by atoms with Gasteiger partial charge in [0.15, 0.2) is 9.84 Å². The third-order valence-corrected chi connectivity index (χ3v) is 4.71. The summed E-state index contributed by atoms with van der Waals surface area (Å²) in [6.07, 6.45) is 0. The third-order valence-electron chi connectivity index (χ3n) is 3.03. The Morgan fingerprint density at radius 1 is 1.10 bits per heavy atom. The molecule has 0 unspecified atom stereocenters. The van der Waals surface area contributed by atoms with Crippen molar-refractivity contribution in [3.63, 3.8) is 0 Å². The quantitative estimate of drug-likeness (QED) is 0.668. The van der Waals surface area contributed by atoms with E-state index in [4.69, 9.17) is 11.1 Å². The van der Waals surface area contributed by atoms with Gasteiger partial charge in [-0.15, -0.1) is 0 Å². The highest BCUT2D eigenvalue weighted by molar-refractivity contribution is 7.90. The molecule has 0 saturated carbocycles. The Kier molecular flexibility index (Phi) is 3.90. The van der Waals surface area contributed by atoms with Gasteiger partial charge in [-0.1, -0.05) is 42.0 Å². The van der Waals surface area contributed by atoms with Crippen LogP contribution in [0.4, 0.5) is 0 Å². The molecule has 20 heavy (non-hydrogen) atoms. The van der Waals surface area contributed by atoms with Gasteiger partial charge < -0.3 is 5.73 Å². The van der Waals surface area contributed by atoms with E-state index in [9.17, 15) is 8.42 Å². The van der Waals surface area contributed by atoms with Gasteiger partial charge in [0, 0.05) is 5.56 Å². The summed E-state index contributed by atoms with van der Waals surface area (Å²) in [5, 5.41) is 7.50. The van der Waals surface area contributed by atoms with Crippen LogP contribution >= 0.6 is 0 Å². The second-order valence-corrected chi connectivity index (χ2v) is 6.63. The summed E-state index contributed by atoms with van der Waals surface area (Å²) in [5.41, 5.74) is 7.49. The molecule has 0 amide bonds. The summed E-state index contributed by atoms with van der Waals surface area (Å²) in [6, 6.07) is 13.5. The minimum Gasteiger partial charge on any atom is -0.384 e. The normalized spacial score (nSPS) is 11.2. The molecule has 0 saturated heterocycles. The largest absolute Gasteiger partial charge is 0.384 e. The van der Waals surface area contributed by atoms with E-state index < -0.39 is 9.84 Å². The van der Waals surface area contributed by atoms with Crippen molar-refractivity contribution in [3.8, 4) is 0 Å². The number of hydrogen-bond acceptors (Lipinski definition) is 3. The second kappa shape index (κ2) is 5.46. The number of nitrogens with one attached hydrogen (secondary N) is 1. The van der Waals surface area contributed by atoms with Gasteiger partial charge >= 0.3 is 0 Å². The summed E-state index contributed by atoms with van der Waals surface area (Å²) in [5.74, 6) is -0.286. The van der Waals surface area contributed by atoms with Gasteiger partial charge in [-0.3, -0.25) is 5.41 Å².